The largest absolute Gasteiger partial charge is 0.481 e. The van der Waals surface area contributed by atoms with Crippen LogP contribution >= 0.6 is 11.6 Å². The maximum absolute atomic E-state index is 13.4. The Morgan fingerprint density at radius 2 is 2.29 bits per heavy atom. The zero-order valence-electron chi connectivity index (χ0n) is 7.21. The number of benzene rings is 1. The summed E-state index contributed by atoms with van der Waals surface area (Å²) in [5.41, 5.74) is 0.421. The van der Waals surface area contributed by atoms with Gasteiger partial charge < -0.3 is 5.11 Å². The summed E-state index contributed by atoms with van der Waals surface area (Å²) in [6.45, 7) is 0. The van der Waals surface area contributed by atoms with E-state index in [-0.39, 0.29) is 10.9 Å². The van der Waals surface area contributed by atoms with Crippen LogP contribution in [0.5, 0.6) is 0 Å². The standard InChI is InChI=1S/C10H8ClFO2/c11-8-3-1-2-5(9(8)12)6-4-7(6)10(13)14/h1-3,6-7H,4H2,(H,13,14)/t6-,7-/m1/s1. The Morgan fingerprint density at radius 3 is 2.86 bits per heavy atom. The first kappa shape index (κ1) is 9.46. The normalized spacial score (nSPS) is 24.7. The van der Waals surface area contributed by atoms with Gasteiger partial charge in [0.15, 0.2) is 0 Å². The van der Waals surface area contributed by atoms with Crippen molar-refractivity contribution in [2.45, 2.75) is 12.3 Å². The van der Waals surface area contributed by atoms with Crippen molar-refractivity contribution in [1.29, 1.82) is 0 Å². The summed E-state index contributed by atoms with van der Waals surface area (Å²) >= 11 is 5.59. The van der Waals surface area contributed by atoms with Crippen molar-refractivity contribution in [3.63, 3.8) is 0 Å². The Bertz CT molecular complexity index is 392. The minimum atomic E-state index is -0.866. The Labute approximate surface area is 85.3 Å². The van der Waals surface area contributed by atoms with Gasteiger partial charge in [0, 0.05) is 5.92 Å². The molecule has 1 aromatic carbocycles. The molecule has 1 aromatic rings. The van der Waals surface area contributed by atoms with Crippen molar-refractivity contribution >= 4 is 17.6 Å². The van der Waals surface area contributed by atoms with Gasteiger partial charge in [0.05, 0.1) is 10.9 Å². The summed E-state index contributed by atoms with van der Waals surface area (Å²) in [6.07, 6.45) is 0.507. The molecule has 4 heteroatoms. The second-order valence-electron chi connectivity index (χ2n) is 3.43. The quantitative estimate of drug-likeness (QED) is 0.822. The van der Waals surface area contributed by atoms with E-state index in [1.54, 1.807) is 12.1 Å². The van der Waals surface area contributed by atoms with Gasteiger partial charge in [-0.25, -0.2) is 4.39 Å². The van der Waals surface area contributed by atoms with E-state index in [0.29, 0.717) is 12.0 Å². The van der Waals surface area contributed by atoms with Gasteiger partial charge in [-0.3, -0.25) is 4.79 Å². The molecular formula is C10H8ClFO2. The van der Waals surface area contributed by atoms with E-state index in [0.717, 1.165) is 0 Å². The highest BCUT2D eigenvalue weighted by Gasteiger charge is 2.45. The second kappa shape index (κ2) is 3.24. The molecule has 0 unspecified atom stereocenters. The van der Waals surface area contributed by atoms with Gasteiger partial charge in [0.2, 0.25) is 0 Å². The van der Waals surface area contributed by atoms with Crippen molar-refractivity contribution in [3.8, 4) is 0 Å². The molecule has 0 heterocycles. The molecule has 2 rings (SSSR count). The van der Waals surface area contributed by atoms with Crippen LogP contribution < -0.4 is 0 Å². The molecule has 0 saturated heterocycles. The van der Waals surface area contributed by atoms with Crippen LogP contribution in [0.4, 0.5) is 4.39 Å². The molecule has 1 saturated carbocycles. The molecular weight excluding hydrogens is 207 g/mol. The van der Waals surface area contributed by atoms with Crippen molar-refractivity contribution in [2.24, 2.45) is 5.92 Å². The van der Waals surface area contributed by atoms with E-state index in [9.17, 15) is 9.18 Å². The zero-order valence-corrected chi connectivity index (χ0v) is 7.96. The third kappa shape index (κ3) is 1.48. The average Bonchev–Trinajstić information content (AvgIpc) is 2.89. The highest BCUT2D eigenvalue weighted by Crippen LogP contribution is 2.48. The van der Waals surface area contributed by atoms with Crippen LogP contribution in [0.3, 0.4) is 0 Å². The predicted molar refractivity (Wildman–Crippen MR) is 49.9 cm³/mol. The topological polar surface area (TPSA) is 37.3 Å². The summed E-state index contributed by atoms with van der Waals surface area (Å²) in [5, 5.41) is 8.74. The minimum Gasteiger partial charge on any atom is -0.481 e. The molecule has 2 nitrogen and oxygen atoms in total. The number of hydrogen-bond donors (Lipinski definition) is 1. The fourth-order valence-electron chi connectivity index (χ4n) is 1.62. The molecule has 1 aliphatic rings. The van der Waals surface area contributed by atoms with Gasteiger partial charge in [-0.15, -0.1) is 0 Å². The third-order valence-electron chi connectivity index (χ3n) is 2.49. The first-order valence-corrected chi connectivity index (χ1v) is 4.65. The van der Waals surface area contributed by atoms with Crippen LogP contribution in [0.25, 0.3) is 0 Å². The highest BCUT2D eigenvalue weighted by molar-refractivity contribution is 6.30. The lowest BCUT2D eigenvalue weighted by atomic mass is 10.1. The lowest BCUT2D eigenvalue weighted by molar-refractivity contribution is -0.138. The number of carboxylic acids is 1. The van der Waals surface area contributed by atoms with Crippen LogP contribution in [-0.2, 0) is 4.79 Å². The highest BCUT2D eigenvalue weighted by atomic mass is 35.5. The Morgan fingerprint density at radius 1 is 1.57 bits per heavy atom. The molecule has 2 atom stereocenters. The van der Waals surface area contributed by atoms with E-state index in [2.05, 4.69) is 0 Å². The molecule has 0 aromatic heterocycles. The van der Waals surface area contributed by atoms with Crippen LogP contribution in [-0.4, -0.2) is 11.1 Å². The molecule has 0 spiro atoms. The average molecular weight is 215 g/mol. The molecule has 14 heavy (non-hydrogen) atoms. The number of hydrogen-bond acceptors (Lipinski definition) is 1. The Balaban J connectivity index is 2.27. The summed E-state index contributed by atoms with van der Waals surface area (Å²) in [7, 11) is 0. The SMILES string of the molecule is O=C(O)[C@@H]1C[C@@H]1c1cccc(Cl)c1F. The van der Waals surface area contributed by atoms with Crippen LogP contribution in [0.2, 0.25) is 5.02 Å². The molecule has 0 amide bonds. The molecule has 74 valence electrons. The monoisotopic (exact) mass is 214 g/mol. The molecule has 0 radical (unpaired) electrons. The number of halogens is 2. The molecule has 1 N–H and O–H groups in total. The summed E-state index contributed by atoms with van der Waals surface area (Å²) in [4.78, 5) is 10.6. The van der Waals surface area contributed by atoms with Gasteiger partial charge in [-0.1, -0.05) is 23.7 Å². The molecule has 1 aliphatic carbocycles. The Kier molecular flexibility index (Phi) is 2.19. The summed E-state index contributed by atoms with van der Waals surface area (Å²) < 4.78 is 13.4. The van der Waals surface area contributed by atoms with Gasteiger partial charge in [0.25, 0.3) is 0 Å². The van der Waals surface area contributed by atoms with E-state index in [4.69, 9.17) is 16.7 Å². The summed E-state index contributed by atoms with van der Waals surface area (Å²) in [6, 6.07) is 4.69. The van der Waals surface area contributed by atoms with Crippen LogP contribution in [0.1, 0.15) is 17.9 Å². The second-order valence-corrected chi connectivity index (χ2v) is 3.84. The molecule has 0 bridgehead atoms. The lowest BCUT2D eigenvalue weighted by Gasteiger charge is -2.01. The number of carboxylic acid groups (broad SMARTS) is 1. The number of rotatable bonds is 2. The first-order valence-electron chi connectivity index (χ1n) is 4.28. The third-order valence-corrected chi connectivity index (χ3v) is 2.78. The fraction of sp³-hybridized carbons (Fsp3) is 0.300. The van der Waals surface area contributed by atoms with Gasteiger partial charge in [-0.05, 0) is 18.1 Å². The van der Waals surface area contributed by atoms with Crippen LogP contribution in [0.15, 0.2) is 18.2 Å². The molecule has 1 fully saturated rings. The van der Waals surface area contributed by atoms with Crippen molar-refractivity contribution < 1.29 is 14.3 Å². The predicted octanol–water partition coefficient (Wildman–Crippen LogP) is 2.67. The van der Waals surface area contributed by atoms with E-state index < -0.39 is 17.7 Å². The van der Waals surface area contributed by atoms with Crippen LogP contribution in [0, 0.1) is 11.7 Å². The Hall–Kier alpha value is -1.09. The lowest BCUT2D eigenvalue weighted by Crippen LogP contribution is -2.00. The van der Waals surface area contributed by atoms with Gasteiger partial charge in [-0.2, -0.15) is 0 Å². The van der Waals surface area contributed by atoms with Gasteiger partial charge >= 0.3 is 5.97 Å². The van der Waals surface area contributed by atoms with Gasteiger partial charge in [0.1, 0.15) is 5.82 Å². The maximum atomic E-state index is 13.4. The summed E-state index contributed by atoms with van der Waals surface area (Å²) in [5.74, 6) is -1.99. The van der Waals surface area contributed by atoms with E-state index in [1.807, 2.05) is 0 Å². The maximum Gasteiger partial charge on any atom is 0.307 e. The fourth-order valence-corrected chi connectivity index (χ4v) is 1.80. The zero-order chi connectivity index (χ0) is 10.3. The van der Waals surface area contributed by atoms with Crippen molar-refractivity contribution in [3.05, 3.63) is 34.6 Å². The van der Waals surface area contributed by atoms with Crippen molar-refractivity contribution in [1.82, 2.24) is 0 Å². The first-order chi connectivity index (χ1) is 6.61. The minimum absolute atomic E-state index is 0.0542. The number of aliphatic carboxylic acids is 1. The van der Waals surface area contributed by atoms with Crippen molar-refractivity contribution in [2.75, 3.05) is 0 Å². The molecule has 0 aliphatic heterocycles. The van der Waals surface area contributed by atoms with E-state index in [1.165, 1.54) is 6.07 Å². The van der Waals surface area contributed by atoms with E-state index >= 15 is 0 Å². The smallest absolute Gasteiger partial charge is 0.307 e. The number of carbonyl (C=O) groups is 1.